The Morgan fingerprint density at radius 2 is 2.14 bits per heavy atom. The predicted molar refractivity (Wildman–Crippen MR) is 81.4 cm³/mol. The Morgan fingerprint density at radius 3 is 2.76 bits per heavy atom. The smallest absolute Gasteiger partial charge is 0.338 e. The van der Waals surface area contributed by atoms with Crippen molar-refractivity contribution in [2.24, 2.45) is 0 Å². The number of esters is 1. The van der Waals surface area contributed by atoms with Crippen LogP contribution in [0.3, 0.4) is 0 Å². The average molecular weight is 394 g/mol. The first-order valence-corrected chi connectivity index (χ1v) is 7.50. The Labute approximate surface area is 138 Å². The van der Waals surface area contributed by atoms with E-state index >= 15 is 0 Å². The first kappa shape index (κ1) is 16.1. The summed E-state index contributed by atoms with van der Waals surface area (Å²) in [6, 6.07) is 2.68. The number of carbonyl (C=O) groups is 1. The second-order valence-electron chi connectivity index (χ2n) is 3.94. The molecule has 0 radical (unpaired) electrons. The van der Waals surface area contributed by atoms with E-state index in [1.54, 1.807) is 0 Å². The molecule has 2 rings (SSSR count). The number of ether oxygens (including phenoxy) is 1. The van der Waals surface area contributed by atoms with E-state index in [0.29, 0.717) is 5.56 Å². The molecule has 0 unspecified atom stereocenters. The zero-order valence-electron chi connectivity index (χ0n) is 10.7. The number of methoxy groups -OCH3 is 1. The van der Waals surface area contributed by atoms with Crippen molar-refractivity contribution < 1.29 is 13.9 Å². The highest BCUT2D eigenvalue weighted by molar-refractivity contribution is 9.08. The number of aromatic nitrogens is 2. The van der Waals surface area contributed by atoms with Gasteiger partial charge in [-0.05, 0) is 23.7 Å². The normalized spacial score (nSPS) is 10.5. The minimum atomic E-state index is -0.651. The molecule has 0 aliphatic heterocycles. The number of rotatable bonds is 3. The maximum absolute atomic E-state index is 14.2. The molecule has 21 heavy (non-hydrogen) atoms. The van der Waals surface area contributed by atoms with Crippen LogP contribution in [-0.2, 0) is 10.1 Å². The van der Waals surface area contributed by atoms with E-state index < -0.39 is 11.8 Å². The third kappa shape index (κ3) is 3.33. The van der Waals surface area contributed by atoms with Gasteiger partial charge in [-0.25, -0.2) is 19.2 Å². The first-order chi connectivity index (χ1) is 9.97. The van der Waals surface area contributed by atoms with Crippen LogP contribution in [0.25, 0.3) is 11.3 Å². The standard InChI is InChI=1S/C13H8BrCl2FN2O2/c1-21-12(20)7-2-6(3-10(17)8(7)4-14)11-9(15)5-18-13(16)19-11/h2-3,5H,4H2,1H3. The van der Waals surface area contributed by atoms with E-state index in [-0.39, 0.29) is 32.5 Å². The van der Waals surface area contributed by atoms with Gasteiger partial charge in [-0.1, -0.05) is 27.5 Å². The molecule has 110 valence electrons. The fraction of sp³-hybridized carbons (Fsp3) is 0.154. The summed E-state index contributed by atoms with van der Waals surface area (Å²) < 4.78 is 18.8. The highest BCUT2D eigenvalue weighted by Crippen LogP contribution is 2.30. The second kappa shape index (κ2) is 6.68. The van der Waals surface area contributed by atoms with Crippen LogP contribution in [-0.4, -0.2) is 23.0 Å². The van der Waals surface area contributed by atoms with Crippen molar-refractivity contribution in [3.63, 3.8) is 0 Å². The van der Waals surface area contributed by atoms with Crippen molar-refractivity contribution in [2.45, 2.75) is 5.33 Å². The average Bonchev–Trinajstić information content (AvgIpc) is 2.48. The van der Waals surface area contributed by atoms with Crippen LogP contribution >= 0.6 is 39.1 Å². The maximum Gasteiger partial charge on any atom is 0.338 e. The SMILES string of the molecule is COC(=O)c1cc(-c2nc(Cl)ncc2Cl)cc(F)c1CBr. The van der Waals surface area contributed by atoms with Crippen molar-refractivity contribution in [3.8, 4) is 11.3 Å². The number of hydrogen-bond acceptors (Lipinski definition) is 4. The molecule has 0 bridgehead atoms. The van der Waals surface area contributed by atoms with Crippen LogP contribution in [0, 0.1) is 5.82 Å². The molecule has 8 heteroatoms. The zero-order chi connectivity index (χ0) is 15.6. The molecular weight excluding hydrogens is 386 g/mol. The fourth-order valence-corrected chi connectivity index (χ4v) is 2.65. The van der Waals surface area contributed by atoms with Gasteiger partial charge in [0.1, 0.15) is 5.82 Å². The summed E-state index contributed by atoms with van der Waals surface area (Å²) in [5, 5.41) is 0.335. The van der Waals surface area contributed by atoms with Gasteiger partial charge >= 0.3 is 5.97 Å². The summed E-state index contributed by atoms with van der Waals surface area (Å²) in [5.74, 6) is -1.22. The molecule has 0 saturated carbocycles. The predicted octanol–water partition coefficient (Wildman–Crippen LogP) is 4.27. The van der Waals surface area contributed by atoms with Crippen LogP contribution in [0.4, 0.5) is 4.39 Å². The molecule has 0 atom stereocenters. The van der Waals surface area contributed by atoms with Crippen molar-refractivity contribution in [1.29, 1.82) is 0 Å². The summed E-state index contributed by atoms with van der Waals surface area (Å²) in [4.78, 5) is 19.5. The highest BCUT2D eigenvalue weighted by Gasteiger charge is 2.19. The van der Waals surface area contributed by atoms with E-state index in [9.17, 15) is 9.18 Å². The van der Waals surface area contributed by atoms with Gasteiger partial charge in [-0.2, -0.15) is 0 Å². The Hall–Kier alpha value is -1.24. The van der Waals surface area contributed by atoms with E-state index in [0.717, 1.165) is 0 Å². The molecule has 2 aromatic rings. The third-order valence-electron chi connectivity index (χ3n) is 2.72. The first-order valence-electron chi connectivity index (χ1n) is 5.63. The quantitative estimate of drug-likeness (QED) is 0.444. The molecule has 0 saturated heterocycles. The van der Waals surface area contributed by atoms with Crippen LogP contribution in [0.2, 0.25) is 10.3 Å². The molecule has 0 aliphatic rings. The number of hydrogen-bond donors (Lipinski definition) is 0. The number of benzene rings is 1. The zero-order valence-corrected chi connectivity index (χ0v) is 13.8. The van der Waals surface area contributed by atoms with Crippen molar-refractivity contribution in [1.82, 2.24) is 9.97 Å². The maximum atomic E-state index is 14.2. The molecule has 0 spiro atoms. The van der Waals surface area contributed by atoms with E-state index in [2.05, 4.69) is 30.6 Å². The van der Waals surface area contributed by atoms with Crippen molar-refractivity contribution in [2.75, 3.05) is 7.11 Å². The van der Waals surface area contributed by atoms with Crippen LogP contribution in [0.5, 0.6) is 0 Å². The Kier molecular flexibility index (Phi) is 5.13. The molecule has 0 N–H and O–H groups in total. The van der Waals surface area contributed by atoms with Crippen LogP contribution in [0.15, 0.2) is 18.3 Å². The van der Waals surface area contributed by atoms with Gasteiger partial charge in [0.15, 0.2) is 0 Å². The summed E-state index contributed by atoms with van der Waals surface area (Å²) >= 11 is 14.9. The fourth-order valence-electron chi connectivity index (χ4n) is 1.75. The Bertz CT molecular complexity index is 713. The second-order valence-corrected chi connectivity index (χ2v) is 5.25. The summed E-state index contributed by atoms with van der Waals surface area (Å²) in [5.41, 5.74) is 0.839. The number of carbonyl (C=O) groups excluding carboxylic acids is 1. The minimum Gasteiger partial charge on any atom is -0.465 e. The molecule has 1 aromatic heterocycles. The summed E-state index contributed by atoms with van der Waals surface area (Å²) in [6.45, 7) is 0. The molecule has 0 amide bonds. The van der Waals surface area contributed by atoms with E-state index in [4.69, 9.17) is 23.2 Å². The lowest BCUT2D eigenvalue weighted by Gasteiger charge is -2.10. The minimum absolute atomic E-state index is 0.0287. The summed E-state index contributed by atoms with van der Waals surface area (Å²) in [6.07, 6.45) is 1.31. The number of nitrogens with zero attached hydrogens (tertiary/aromatic N) is 2. The Morgan fingerprint density at radius 1 is 1.43 bits per heavy atom. The topological polar surface area (TPSA) is 52.1 Å². The van der Waals surface area contributed by atoms with Gasteiger partial charge in [0.25, 0.3) is 0 Å². The van der Waals surface area contributed by atoms with Crippen LogP contribution in [0.1, 0.15) is 15.9 Å². The van der Waals surface area contributed by atoms with Gasteiger partial charge in [0, 0.05) is 16.5 Å². The van der Waals surface area contributed by atoms with Gasteiger partial charge in [-0.3, -0.25) is 0 Å². The molecule has 0 fully saturated rings. The highest BCUT2D eigenvalue weighted by atomic mass is 79.9. The van der Waals surface area contributed by atoms with Crippen molar-refractivity contribution >= 4 is 45.1 Å². The van der Waals surface area contributed by atoms with Gasteiger partial charge < -0.3 is 4.74 Å². The number of halogens is 4. The molecule has 1 heterocycles. The molecule has 4 nitrogen and oxygen atoms in total. The lowest BCUT2D eigenvalue weighted by molar-refractivity contribution is 0.0599. The van der Waals surface area contributed by atoms with E-state index in [1.807, 2.05) is 0 Å². The summed E-state index contributed by atoms with van der Waals surface area (Å²) in [7, 11) is 1.22. The lowest BCUT2D eigenvalue weighted by Crippen LogP contribution is -2.07. The lowest BCUT2D eigenvalue weighted by atomic mass is 10.0. The van der Waals surface area contributed by atoms with Gasteiger partial charge in [-0.15, -0.1) is 0 Å². The van der Waals surface area contributed by atoms with E-state index in [1.165, 1.54) is 25.4 Å². The largest absolute Gasteiger partial charge is 0.465 e. The van der Waals surface area contributed by atoms with Crippen molar-refractivity contribution in [3.05, 3.63) is 45.6 Å². The van der Waals surface area contributed by atoms with Crippen LogP contribution < -0.4 is 0 Å². The number of alkyl halides is 1. The monoisotopic (exact) mass is 392 g/mol. The molecule has 1 aromatic carbocycles. The van der Waals surface area contributed by atoms with Gasteiger partial charge in [0.05, 0.1) is 29.6 Å². The van der Waals surface area contributed by atoms with Gasteiger partial charge in [0.2, 0.25) is 5.28 Å². The molecular formula is C13H8BrCl2FN2O2. The third-order valence-corrected chi connectivity index (χ3v) is 3.74. The molecule has 0 aliphatic carbocycles. The Balaban J connectivity index is 2.68.